The van der Waals surface area contributed by atoms with Crippen molar-refractivity contribution in [2.45, 2.75) is 57.7 Å². The van der Waals surface area contributed by atoms with Crippen molar-refractivity contribution in [1.82, 2.24) is 4.90 Å². The molecule has 1 aliphatic rings. The first-order valence-electron chi connectivity index (χ1n) is 7.40. The number of halogens is 1. The molecule has 2 nitrogen and oxygen atoms in total. The number of benzene rings is 1. The Morgan fingerprint density at radius 2 is 1.84 bits per heavy atom. The molecule has 0 heterocycles. The van der Waals surface area contributed by atoms with E-state index in [1.54, 1.807) is 12.1 Å². The van der Waals surface area contributed by atoms with Gasteiger partial charge in [-0.1, -0.05) is 31.9 Å². The standard InChI is InChI=1S/C16H25FN2/c1-3-19(15-6-4-5-7-15)12(2)16(18)13-8-10-14(17)11-9-13/h8-12,15-16H,3-7,18H2,1-2H3. The minimum Gasteiger partial charge on any atom is -0.323 e. The van der Waals surface area contributed by atoms with Crippen molar-refractivity contribution in [2.24, 2.45) is 5.73 Å². The molecular weight excluding hydrogens is 239 g/mol. The van der Waals surface area contributed by atoms with Crippen LogP contribution in [0.5, 0.6) is 0 Å². The van der Waals surface area contributed by atoms with E-state index in [-0.39, 0.29) is 11.9 Å². The molecule has 0 amide bonds. The van der Waals surface area contributed by atoms with Crippen LogP contribution in [-0.2, 0) is 0 Å². The van der Waals surface area contributed by atoms with Gasteiger partial charge in [-0.15, -0.1) is 0 Å². The smallest absolute Gasteiger partial charge is 0.123 e. The normalized spacial score (nSPS) is 19.8. The van der Waals surface area contributed by atoms with Gasteiger partial charge < -0.3 is 5.73 Å². The molecule has 3 heteroatoms. The molecule has 0 bridgehead atoms. The van der Waals surface area contributed by atoms with Gasteiger partial charge in [0.25, 0.3) is 0 Å². The van der Waals surface area contributed by atoms with Gasteiger partial charge in [-0.2, -0.15) is 0 Å². The highest BCUT2D eigenvalue weighted by Gasteiger charge is 2.28. The van der Waals surface area contributed by atoms with Crippen LogP contribution in [0.15, 0.2) is 24.3 Å². The Balaban J connectivity index is 2.07. The summed E-state index contributed by atoms with van der Waals surface area (Å²) in [6.07, 6.45) is 5.24. The molecule has 0 spiro atoms. The lowest BCUT2D eigenvalue weighted by molar-refractivity contribution is 0.134. The molecule has 106 valence electrons. The average molecular weight is 264 g/mol. The van der Waals surface area contributed by atoms with Crippen molar-refractivity contribution in [3.8, 4) is 0 Å². The summed E-state index contributed by atoms with van der Waals surface area (Å²) in [7, 11) is 0. The summed E-state index contributed by atoms with van der Waals surface area (Å²) < 4.78 is 13.0. The lowest BCUT2D eigenvalue weighted by Crippen LogP contribution is -2.45. The van der Waals surface area contributed by atoms with Crippen LogP contribution in [0.3, 0.4) is 0 Å². The van der Waals surface area contributed by atoms with Crippen molar-refractivity contribution in [3.05, 3.63) is 35.6 Å². The van der Waals surface area contributed by atoms with Crippen LogP contribution in [0.4, 0.5) is 4.39 Å². The Bertz CT molecular complexity index is 384. The van der Waals surface area contributed by atoms with Gasteiger partial charge in [0.05, 0.1) is 0 Å². The van der Waals surface area contributed by atoms with Gasteiger partial charge in [-0.3, -0.25) is 4.90 Å². The summed E-state index contributed by atoms with van der Waals surface area (Å²) in [5, 5.41) is 0. The minimum atomic E-state index is -0.202. The Kier molecular flexibility index (Phi) is 4.94. The highest BCUT2D eigenvalue weighted by Crippen LogP contribution is 2.28. The van der Waals surface area contributed by atoms with Crippen LogP contribution in [0.2, 0.25) is 0 Å². The van der Waals surface area contributed by atoms with Gasteiger partial charge >= 0.3 is 0 Å². The summed E-state index contributed by atoms with van der Waals surface area (Å²) >= 11 is 0. The van der Waals surface area contributed by atoms with E-state index in [2.05, 4.69) is 18.7 Å². The van der Waals surface area contributed by atoms with Crippen LogP contribution >= 0.6 is 0 Å². The summed E-state index contributed by atoms with van der Waals surface area (Å²) in [5.74, 6) is -0.202. The highest BCUT2D eigenvalue weighted by atomic mass is 19.1. The van der Waals surface area contributed by atoms with E-state index in [0.717, 1.165) is 12.1 Å². The molecule has 0 saturated heterocycles. The number of nitrogens with zero attached hydrogens (tertiary/aromatic N) is 1. The second kappa shape index (κ2) is 6.49. The Hall–Kier alpha value is -0.930. The predicted molar refractivity (Wildman–Crippen MR) is 77.4 cm³/mol. The van der Waals surface area contributed by atoms with E-state index in [4.69, 9.17) is 5.73 Å². The number of nitrogens with two attached hydrogens (primary N) is 1. The van der Waals surface area contributed by atoms with E-state index in [0.29, 0.717) is 12.1 Å². The molecule has 1 aromatic carbocycles. The molecule has 1 fully saturated rings. The minimum absolute atomic E-state index is 0.0545. The molecule has 0 radical (unpaired) electrons. The quantitative estimate of drug-likeness (QED) is 0.882. The maximum atomic E-state index is 13.0. The van der Waals surface area contributed by atoms with Crippen molar-refractivity contribution in [2.75, 3.05) is 6.54 Å². The van der Waals surface area contributed by atoms with Crippen LogP contribution in [0, 0.1) is 5.82 Å². The largest absolute Gasteiger partial charge is 0.323 e. The lowest BCUT2D eigenvalue weighted by Gasteiger charge is -2.37. The number of hydrogen-bond acceptors (Lipinski definition) is 2. The van der Waals surface area contributed by atoms with Gasteiger partial charge in [0, 0.05) is 18.1 Å². The van der Waals surface area contributed by atoms with Gasteiger partial charge in [0.1, 0.15) is 5.82 Å². The molecule has 2 rings (SSSR count). The van der Waals surface area contributed by atoms with Crippen LogP contribution in [-0.4, -0.2) is 23.5 Å². The zero-order valence-corrected chi connectivity index (χ0v) is 12.0. The average Bonchev–Trinajstić information content (AvgIpc) is 2.93. The zero-order chi connectivity index (χ0) is 13.8. The molecule has 1 saturated carbocycles. The van der Waals surface area contributed by atoms with E-state index < -0.39 is 0 Å². The topological polar surface area (TPSA) is 29.3 Å². The fraction of sp³-hybridized carbons (Fsp3) is 0.625. The highest BCUT2D eigenvalue weighted by molar-refractivity contribution is 5.21. The van der Waals surface area contributed by atoms with E-state index in [1.165, 1.54) is 37.8 Å². The Morgan fingerprint density at radius 3 is 2.37 bits per heavy atom. The van der Waals surface area contributed by atoms with Crippen molar-refractivity contribution >= 4 is 0 Å². The van der Waals surface area contributed by atoms with Gasteiger partial charge in [0.2, 0.25) is 0 Å². The summed E-state index contributed by atoms with van der Waals surface area (Å²) in [4.78, 5) is 2.51. The van der Waals surface area contributed by atoms with Gasteiger partial charge in [0.15, 0.2) is 0 Å². The third-order valence-electron chi connectivity index (χ3n) is 4.46. The van der Waals surface area contributed by atoms with E-state index in [9.17, 15) is 4.39 Å². The lowest BCUT2D eigenvalue weighted by atomic mass is 9.98. The first-order chi connectivity index (χ1) is 9.13. The summed E-state index contributed by atoms with van der Waals surface area (Å²) in [6, 6.07) is 7.51. The fourth-order valence-electron chi connectivity index (χ4n) is 3.28. The van der Waals surface area contributed by atoms with Gasteiger partial charge in [-0.05, 0) is 44.0 Å². The Labute approximate surface area is 115 Å². The third-order valence-corrected chi connectivity index (χ3v) is 4.46. The van der Waals surface area contributed by atoms with Crippen LogP contribution in [0.25, 0.3) is 0 Å². The molecule has 2 N–H and O–H groups in total. The summed E-state index contributed by atoms with van der Waals surface area (Å²) in [5.41, 5.74) is 7.39. The molecule has 0 aromatic heterocycles. The Morgan fingerprint density at radius 1 is 1.26 bits per heavy atom. The number of hydrogen-bond donors (Lipinski definition) is 1. The maximum absolute atomic E-state index is 13.0. The van der Waals surface area contributed by atoms with Crippen LogP contribution < -0.4 is 5.73 Å². The monoisotopic (exact) mass is 264 g/mol. The second-order valence-electron chi connectivity index (χ2n) is 5.59. The molecule has 1 aromatic rings. The van der Waals surface area contributed by atoms with E-state index in [1.807, 2.05) is 0 Å². The molecule has 19 heavy (non-hydrogen) atoms. The second-order valence-corrected chi connectivity index (χ2v) is 5.59. The first kappa shape index (κ1) is 14.5. The number of rotatable bonds is 5. The summed E-state index contributed by atoms with van der Waals surface area (Å²) in [6.45, 7) is 5.42. The van der Waals surface area contributed by atoms with Crippen molar-refractivity contribution in [3.63, 3.8) is 0 Å². The van der Waals surface area contributed by atoms with Crippen molar-refractivity contribution in [1.29, 1.82) is 0 Å². The molecule has 1 aliphatic carbocycles. The zero-order valence-electron chi connectivity index (χ0n) is 12.0. The molecular formula is C16H25FN2. The predicted octanol–water partition coefficient (Wildman–Crippen LogP) is 3.48. The molecule has 0 aliphatic heterocycles. The van der Waals surface area contributed by atoms with Gasteiger partial charge in [-0.25, -0.2) is 4.39 Å². The third kappa shape index (κ3) is 3.34. The molecule has 2 atom stereocenters. The molecule has 2 unspecified atom stereocenters. The fourth-order valence-corrected chi connectivity index (χ4v) is 3.28. The van der Waals surface area contributed by atoms with Crippen LogP contribution in [0.1, 0.15) is 51.1 Å². The van der Waals surface area contributed by atoms with Crippen molar-refractivity contribution < 1.29 is 4.39 Å². The maximum Gasteiger partial charge on any atom is 0.123 e. The van der Waals surface area contributed by atoms with E-state index >= 15 is 0 Å². The number of likely N-dealkylation sites (N-methyl/N-ethyl adjacent to an activating group) is 1. The first-order valence-corrected chi connectivity index (χ1v) is 7.40. The SMILES string of the molecule is CCN(C1CCCC1)C(C)C(N)c1ccc(F)cc1.